The second kappa shape index (κ2) is 3.28. The number of allylic oxidation sites excluding steroid dienone is 1. The fraction of sp³-hybridized carbons (Fsp3) is 0.571. The molecular formula is C7H14N2. The molecule has 0 bridgehead atoms. The van der Waals surface area contributed by atoms with Crippen LogP contribution >= 0.6 is 0 Å². The van der Waals surface area contributed by atoms with Crippen LogP contribution in [0.2, 0.25) is 0 Å². The Bertz CT molecular complexity index is 127. The lowest BCUT2D eigenvalue weighted by atomic mass is 10.0. The standard InChI is InChI=1S/C7H14N2/c1-4-5(2)7(9)6(3)8/h5,9H,3-4,8H2,1-2H3. The Kier molecular flexibility index (Phi) is 2.99. The second-order valence-electron chi connectivity index (χ2n) is 2.25. The summed E-state index contributed by atoms with van der Waals surface area (Å²) in [6.45, 7) is 7.48. The van der Waals surface area contributed by atoms with Crippen LogP contribution in [0.3, 0.4) is 0 Å². The van der Waals surface area contributed by atoms with Crippen molar-refractivity contribution in [1.82, 2.24) is 0 Å². The van der Waals surface area contributed by atoms with Gasteiger partial charge in [0.05, 0.1) is 5.71 Å². The first kappa shape index (κ1) is 8.21. The summed E-state index contributed by atoms with van der Waals surface area (Å²) in [7, 11) is 0. The lowest BCUT2D eigenvalue weighted by molar-refractivity contribution is 0.734. The van der Waals surface area contributed by atoms with Gasteiger partial charge in [0.25, 0.3) is 0 Å². The molecule has 0 aliphatic heterocycles. The predicted octanol–water partition coefficient (Wildman–Crippen LogP) is 1.52. The van der Waals surface area contributed by atoms with E-state index < -0.39 is 0 Å². The summed E-state index contributed by atoms with van der Waals surface area (Å²) in [4.78, 5) is 0. The molecule has 52 valence electrons. The van der Waals surface area contributed by atoms with Gasteiger partial charge < -0.3 is 11.1 Å². The van der Waals surface area contributed by atoms with Crippen molar-refractivity contribution >= 4 is 5.71 Å². The fourth-order valence-electron chi connectivity index (χ4n) is 0.521. The Morgan fingerprint density at radius 3 is 2.33 bits per heavy atom. The molecular weight excluding hydrogens is 112 g/mol. The minimum absolute atomic E-state index is 0.252. The first-order chi connectivity index (χ1) is 4.09. The average Bonchev–Trinajstić information content (AvgIpc) is 1.84. The van der Waals surface area contributed by atoms with Gasteiger partial charge in [-0.25, -0.2) is 0 Å². The summed E-state index contributed by atoms with van der Waals surface area (Å²) in [5.41, 5.74) is 6.16. The van der Waals surface area contributed by atoms with Crippen LogP contribution in [-0.4, -0.2) is 5.71 Å². The molecule has 0 aliphatic rings. The summed E-state index contributed by atoms with van der Waals surface area (Å²) in [5.74, 6) is 0.252. The van der Waals surface area contributed by atoms with Gasteiger partial charge in [0.1, 0.15) is 0 Å². The zero-order valence-corrected chi connectivity index (χ0v) is 6.07. The largest absolute Gasteiger partial charge is 0.398 e. The third-order valence-electron chi connectivity index (χ3n) is 1.45. The number of hydrogen-bond acceptors (Lipinski definition) is 2. The molecule has 0 aromatic carbocycles. The van der Waals surface area contributed by atoms with E-state index in [1.165, 1.54) is 0 Å². The molecule has 0 rings (SSSR count). The number of nitrogens with two attached hydrogens (primary N) is 1. The van der Waals surface area contributed by atoms with Gasteiger partial charge >= 0.3 is 0 Å². The van der Waals surface area contributed by atoms with Gasteiger partial charge in [0.2, 0.25) is 0 Å². The molecule has 1 unspecified atom stereocenters. The molecule has 3 N–H and O–H groups in total. The van der Waals surface area contributed by atoms with Crippen molar-refractivity contribution in [2.45, 2.75) is 20.3 Å². The third-order valence-corrected chi connectivity index (χ3v) is 1.45. The van der Waals surface area contributed by atoms with Crippen molar-refractivity contribution in [2.75, 3.05) is 0 Å². The highest BCUT2D eigenvalue weighted by Crippen LogP contribution is 2.04. The van der Waals surface area contributed by atoms with Gasteiger partial charge in [-0.15, -0.1) is 0 Å². The lowest BCUT2D eigenvalue weighted by Gasteiger charge is -2.08. The molecule has 2 nitrogen and oxygen atoms in total. The van der Waals surface area contributed by atoms with Gasteiger partial charge in [0.15, 0.2) is 0 Å². The van der Waals surface area contributed by atoms with Crippen molar-refractivity contribution in [2.24, 2.45) is 11.7 Å². The first-order valence-corrected chi connectivity index (χ1v) is 3.12. The minimum atomic E-state index is 0.252. The Labute approximate surface area is 56.3 Å². The Balaban J connectivity index is 3.88. The summed E-state index contributed by atoms with van der Waals surface area (Å²) in [5, 5.41) is 7.32. The van der Waals surface area contributed by atoms with Crippen LogP contribution in [0.15, 0.2) is 12.3 Å². The van der Waals surface area contributed by atoms with Crippen LogP contribution in [0.4, 0.5) is 0 Å². The summed E-state index contributed by atoms with van der Waals surface area (Å²) >= 11 is 0. The molecule has 0 aliphatic carbocycles. The average molecular weight is 126 g/mol. The smallest absolute Gasteiger partial charge is 0.0564 e. The highest BCUT2D eigenvalue weighted by molar-refractivity contribution is 5.97. The molecule has 0 radical (unpaired) electrons. The SMILES string of the molecule is C=C(N)C(=N)C(C)CC. The first-order valence-electron chi connectivity index (χ1n) is 3.12. The van der Waals surface area contributed by atoms with Crippen LogP contribution in [0.5, 0.6) is 0 Å². The van der Waals surface area contributed by atoms with E-state index in [4.69, 9.17) is 11.1 Å². The Morgan fingerprint density at radius 2 is 2.22 bits per heavy atom. The zero-order chi connectivity index (χ0) is 7.44. The maximum atomic E-state index is 7.32. The summed E-state index contributed by atoms with van der Waals surface area (Å²) in [6, 6.07) is 0. The molecule has 0 saturated carbocycles. The molecule has 1 atom stereocenters. The molecule has 0 saturated heterocycles. The minimum Gasteiger partial charge on any atom is -0.398 e. The Morgan fingerprint density at radius 1 is 1.78 bits per heavy atom. The van der Waals surface area contributed by atoms with E-state index in [-0.39, 0.29) is 5.92 Å². The third kappa shape index (κ3) is 2.31. The number of hydrogen-bond donors (Lipinski definition) is 2. The molecule has 0 aromatic heterocycles. The van der Waals surface area contributed by atoms with Crippen molar-refractivity contribution in [3.05, 3.63) is 12.3 Å². The molecule has 0 amide bonds. The summed E-state index contributed by atoms with van der Waals surface area (Å²) in [6.07, 6.45) is 0.953. The van der Waals surface area contributed by atoms with Crippen LogP contribution in [0.1, 0.15) is 20.3 Å². The molecule has 0 spiro atoms. The van der Waals surface area contributed by atoms with E-state index in [0.29, 0.717) is 11.4 Å². The van der Waals surface area contributed by atoms with E-state index in [9.17, 15) is 0 Å². The second-order valence-corrected chi connectivity index (χ2v) is 2.25. The fourth-order valence-corrected chi connectivity index (χ4v) is 0.521. The van der Waals surface area contributed by atoms with Crippen LogP contribution in [-0.2, 0) is 0 Å². The van der Waals surface area contributed by atoms with Gasteiger partial charge in [-0.3, -0.25) is 0 Å². The van der Waals surface area contributed by atoms with Crippen molar-refractivity contribution in [1.29, 1.82) is 5.41 Å². The van der Waals surface area contributed by atoms with Crippen molar-refractivity contribution in [3.63, 3.8) is 0 Å². The van der Waals surface area contributed by atoms with E-state index in [2.05, 4.69) is 6.58 Å². The van der Waals surface area contributed by atoms with Crippen LogP contribution in [0, 0.1) is 11.3 Å². The van der Waals surface area contributed by atoms with Gasteiger partial charge in [0, 0.05) is 5.70 Å². The van der Waals surface area contributed by atoms with Gasteiger partial charge in [-0.05, 0) is 12.3 Å². The normalized spacial score (nSPS) is 12.7. The quantitative estimate of drug-likeness (QED) is 0.553. The molecule has 0 aromatic rings. The maximum Gasteiger partial charge on any atom is 0.0564 e. The summed E-state index contributed by atoms with van der Waals surface area (Å²) < 4.78 is 0. The maximum absolute atomic E-state index is 7.32. The predicted molar refractivity (Wildman–Crippen MR) is 40.5 cm³/mol. The topological polar surface area (TPSA) is 49.9 Å². The van der Waals surface area contributed by atoms with E-state index >= 15 is 0 Å². The number of nitrogens with one attached hydrogen (secondary N) is 1. The number of rotatable bonds is 3. The highest BCUT2D eigenvalue weighted by Gasteiger charge is 2.05. The molecule has 0 heterocycles. The monoisotopic (exact) mass is 126 g/mol. The van der Waals surface area contributed by atoms with Crippen molar-refractivity contribution < 1.29 is 0 Å². The van der Waals surface area contributed by atoms with Gasteiger partial charge in [-0.1, -0.05) is 20.4 Å². The highest BCUT2D eigenvalue weighted by atomic mass is 14.6. The lowest BCUT2D eigenvalue weighted by Crippen LogP contribution is -2.16. The van der Waals surface area contributed by atoms with Crippen LogP contribution in [0.25, 0.3) is 0 Å². The molecule has 2 heteroatoms. The van der Waals surface area contributed by atoms with Crippen molar-refractivity contribution in [3.8, 4) is 0 Å². The van der Waals surface area contributed by atoms with Crippen LogP contribution < -0.4 is 5.73 Å². The zero-order valence-electron chi connectivity index (χ0n) is 6.07. The van der Waals surface area contributed by atoms with E-state index in [1.54, 1.807) is 0 Å². The van der Waals surface area contributed by atoms with Gasteiger partial charge in [-0.2, -0.15) is 0 Å². The van der Waals surface area contributed by atoms with E-state index in [1.807, 2.05) is 13.8 Å². The van der Waals surface area contributed by atoms with E-state index in [0.717, 1.165) is 6.42 Å². The molecule has 9 heavy (non-hydrogen) atoms. The Hall–Kier alpha value is -0.790. The molecule has 0 fully saturated rings.